The number of rotatable bonds is 2. The van der Waals surface area contributed by atoms with Crippen LogP contribution in [0.3, 0.4) is 0 Å². The molecule has 0 atom stereocenters. The maximum atomic E-state index is 13.3. The minimum absolute atomic E-state index is 0.0480. The van der Waals surface area contributed by atoms with E-state index in [4.69, 9.17) is 22.1 Å². The number of nitrogens with two attached hydrogens (primary N) is 1. The van der Waals surface area contributed by atoms with Crippen LogP contribution in [0.25, 0.3) is 10.9 Å². The van der Waals surface area contributed by atoms with Gasteiger partial charge in [-0.25, -0.2) is 4.39 Å². The third kappa shape index (κ3) is 1.89. The molecule has 1 aromatic heterocycles. The number of hydrogen-bond acceptors (Lipinski definition) is 3. The summed E-state index contributed by atoms with van der Waals surface area (Å²) in [5.74, 6) is -0.995. The van der Waals surface area contributed by atoms with Gasteiger partial charge in [0, 0.05) is 17.6 Å². The third-order valence-electron chi connectivity index (χ3n) is 2.32. The average molecular weight is 255 g/mol. The van der Waals surface area contributed by atoms with Gasteiger partial charge in [0.1, 0.15) is 17.1 Å². The molecule has 2 rings (SSSR count). The molecule has 2 N–H and O–H groups in total. The predicted molar refractivity (Wildman–Crippen MR) is 61.8 cm³/mol. The van der Waals surface area contributed by atoms with Crippen LogP contribution >= 0.6 is 11.6 Å². The predicted octanol–water partition coefficient (Wildman–Crippen LogP) is 2.13. The van der Waals surface area contributed by atoms with Gasteiger partial charge in [0.15, 0.2) is 0 Å². The molecular formula is C11H8ClFN2O2. The molecule has 1 amide bonds. The lowest BCUT2D eigenvalue weighted by atomic mass is 10.1. The van der Waals surface area contributed by atoms with Crippen LogP contribution < -0.4 is 10.5 Å². The first-order valence-corrected chi connectivity index (χ1v) is 5.04. The lowest BCUT2D eigenvalue weighted by Crippen LogP contribution is -2.12. The lowest BCUT2D eigenvalue weighted by molar-refractivity contribution is 0.1000. The van der Waals surface area contributed by atoms with E-state index in [1.54, 1.807) is 0 Å². The average Bonchev–Trinajstić information content (AvgIpc) is 2.28. The Morgan fingerprint density at radius 3 is 2.82 bits per heavy atom. The van der Waals surface area contributed by atoms with Crippen molar-refractivity contribution in [3.8, 4) is 5.75 Å². The molecule has 0 saturated heterocycles. The van der Waals surface area contributed by atoms with E-state index in [2.05, 4.69) is 4.98 Å². The van der Waals surface area contributed by atoms with Gasteiger partial charge in [0.2, 0.25) is 0 Å². The Labute approximate surface area is 101 Å². The molecule has 0 spiro atoms. The molecule has 0 aliphatic heterocycles. The number of nitrogens with zero attached hydrogens (tertiary/aromatic N) is 1. The lowest BCUT2D eigenvalue weighted by Gasteiger charge is -2.08. The zero-order valence-electron chi connectivity index (χ0n) is 8.83. The Bertz CT molecular complexity index is 616. The van der Waals surface area contributed by atoms with Gasteiger partial charge in [-0.1, -0.05) is 11.6 Å². The van der Waals surface area contributed by atoms with Crippen LogP contribution in [0.2, 0.25) is 5.02 Å². The Morgan fingerprint density at radius 2 is 2.24 bits per heavy atom. The SMILES string of the molecule is COc1cc(F)cc2c(Cl)c(C(N)=O)cnc12. The largest absolute Gasteiger partial charge is 0.494 e. The molecule has 2 aromatic rings. The number of ether oxygens (including phenoxy) is 1. The number of carbonyl (C=O) groups is 1. The molecule has 6 heteroatoms. The molecular weight excluding hydrogens is 247 g/mol. The normalized spacial score (nSPS) is 10.5. The summed E-state index contributed by atoms with van der Waals surface area (Å²) in [4.78, 5) is 15.1. The van der Waals surface area contributed by atoms with Crippen molar-refractivity contribution in [2.24, 2.45) is 5.73 Å². The monoisotopic (exact) mass is 254 g/mol. The van der Waals surface area contributed by atoms with E-state index in [0.717, 1.165) is 0 Å². The Morgan fingerprint density at radius 1 is 1.53 bits per heavy atom. The van der Waals surface area contributed by atoms with Gasteiger partial charge >= 0.3 is 0 Å². The summed E-state index contributed by atoms with van der Waals surface area (Å²) < 4.78 is 18.3. The van der Waals surface area contributed by atoms with Crippen molar-refractivity contribution in [3.63, 3.8) is 0 Å². The van der Waals surface area contributed by atoms with Crippen LogP contribution in [-0.4, -0.2) is 18.0 Å². The second-order valence-electron chi connectivity index (χ2n) is 3.35. The zero-order chi connectivity index (χ0) is 12.6. The van der Waals surface area contributed by atoms with Gasteiger partial charge in [0.25, 0.3) is 5.91 Å². The first kappa shape index (κ1) is 11.6. The topological polar surface area (TPSA) is 65.2 Å². The molecule has 4 nitrogen and oxygen atoms in total. The fourth-order valence-electron chi connectivity index (χ4n) is 1.53. The number of fused-ring (bicyclic) bond motifs is 1. The molecule has 0 bridgehead atoms. The van der Waals surface area contributed by atoms with E-state index in [9.17, 15) is 9.18 Å². The highest BCUT2D eigenvalue weighted by molar-refractivity contribution is 6.38. The Balaban J connectivity index is 2.86. The molecule has 0 unspecified atom stereocenters. The fourth-order valence-corrected chi connectivity index (χ4v) is 1.82. The number of pyridine rings is 1. The molecule has 0 aliphatic rings. The molecule has 1 aromatic carbocycles. The standard InChI is InChI=1S/C11H8ClFN2O2/c1-17-8-3-5(13)2-6-9(12)7(11(14)16)4-15-10(6)8/h2-4H,1H3,(H2,14,16). The number of carbonyl (C=O) groups excluding carboxylic acids is 1. The first-order chi connectivity index (χ1) is 8.04. The highest BCUT2D eigenvalue weighted by atomic mass is 35.5. The molecule has 0 aliphatic carbocycles. The summed E-state index contributed by atoms with van der Waals surface area (Å²) in [6.45, 7) is 0. The number of hydrogen-bond donors (Lipinski definition) is 1. The number of halogens is 2. The number of benzene rings is 1. The summed E-state index contributed by atoms with van der Waals surface area (Å²) in [5, 5.41) is 0.361. The van der Waals surface area contributed by atoms with Gasteiger partial charge in [-0.05, 0) is 6.07 Å². The Kier molecular flexibility index (Phi) is 2.85. The van der Waals surface area contributed by atoms with E-state index < -0.39 is 11.7 Å². The van der Waals surface area contributed by atoms with E-state index in [-0.39, 0.29) is 16.3 Å². The van der Waals surface area contributed by atoms with Crippen molar-refractivity contribution < 1.29 is 13.9 Å². The Hall–Kier alpha value is -1.88. The maximum absolute atomic E-state index is 13.3. The smallest absolute Gasteiger partial charge is 0.251 e. The second-order valence-corrected chi connectivity index (χ2v) is 3.73. The van der Waals surface area contributed by atoms with E-state index in [0.29, 0.717) is 10.9 Å². The van der Waals surface area contributed by atoms with Crippen LogP contribution in [0, 0.1) is 5.82 Å². The minimum atomic E-state index is -0.715. The summed E-state index contributed by atoms with van der Waals surface area (Å²) in [5.41, 5.74) is 5.55. The molecule has 0 radical (unpaired) electrons. The molecule has 1 heterocycles. The van der Waals surface area contributed by atoms with E-state index in [1.165, 1.54) is 25.4 Å². The van der Waals surface area contributed by atoms with Crippen molar-refractivity contribution in [3.05, 3.63) is 34.7 Å². The molecule has 0 saturated carbocycles. The number of methoxy groups -OCH3 is 1. The molecule has 88 valence electrons. The van der Waals surface area contributed by atoms with Gasteiger partial charge in [-0.3, -0.25) is 9.78 Å². The highest BCUT2D eigenvalue weighted by Gasteiger charge is 2.15. The van der Waals surface area contributed by atoms with Crippen LogP contribution in [0.5, 0.6) is 5.75 Å². The maximum Gasteiger partial charge on any atom is 0.251 e. The van der Waals surface area contributed by atoms with Crippen molar-refractivity contribution in [2.45, 2.75) is 0 Å². The van der Waals surface area contributed by atoms with Crippen molar-refractivity contribution in [2.75, 3.05) is 7.11 Å². The number of aromatic nitrogens is 1. The first-order valence-electron chi connectivity index (χ1n) is 4.66. The highest BCUT2D eigenvalue weighted by Crippen LogP contribution is 2.32. The second kappa shape index (κ2) is 4.18. The fraction of sp³-hybridized carbons (Fsp3) is 0.0909. The molecule has 17 heavy (non-hydrogen) atoms. The van der Waals surface area contributed by atoms with E-state index >= 15 is 0 Å². The van der Waals surface area contributed by atoms with Gasteiger partial charge in [0.05, 0.1) is 17.7 Å². The number of amides is 1. The quantitative estimate of drug-likeness (QED) is 0.893. The van der Waals surface area contributed by atoms with Crippen molar-refractivity contribution >= 4 is 28.4 Å². The molecule has 0 fully saturated rings. The zero-order valence-corrected chi connectivity index (χ0v) is 9.58. The summed E-state index contributed by atoms with van der Waals surface area (Å²) >= 11 is 5.97. The van der Waals surface area contributed by atoms with Crippen LogP contribution in [0.4, 0.5) is 4.39 Å². The van der Waals surface area contributed by atoms with Gasteiger partial charge in [-0.2, -0.15) is 0 Å². The van der Waals surface area contributed by atoms with Crippen molar-refractivity contribution in [1.29, 1.82) is 0 Å². The van der Waals surface area contributed by atoms with Gasteiger partial charge in [-0.15, -0.1) is 0 Å². The summed E-state index contributed by atoms with van der Waals surface area (Å²) in [6, 6.07) is 2.37. The van der Waals surface area contributed by atoms with Gasteiger partial charge < -0.3 is 10.5 Å². The summed E-state index contributed by atoms with van der Waals surface area (Å²) in [7, 11) is 1.39. The van der Waals surface area contributed by atoms with Crippen LogP contribution in [-0.2, 0) is 0 Å². The van der Waals surface area contributed by atoms with Crippen LogP contribution in [0.15, 0.2) is 18.3 Å². The number of primary amides is 1. The minimum Gasteiger partial charge on any atom is -0.494 e. The van der Waals surface area contributed by atoms with E-state index in [1.807, 2.05) is 0 Å². The third-order valence-corrected chi connectivity index (χ3v) is 2.73. The van der Waals surface area contributed by atoms with Crippen LogP contribution in [0.1, 0.15) is 10.4 Å². The van der Waals surface area contributed by atoms with Crippen molar-refractivity contribution in [1.82, 2.24) is 4.98 Å². The summed E-state index contributed by atoms with van der Waals surface area (Å²) in [6.07, 6.45) is 1.24.